The molecule has 0 N–H and O–H groups in total. The molecule has 3 aromatic carbocycles. The standard InChI is InChI=1S/C29H32O2.C2H6/c1-3-25-27-11-7-5-9-24(27)17-29(25)31-19-22-14-12-21(13-15-22)18-30-28-16-23-8-4-6-10-26(23)20(28)2;1-2/h4-15,20,25,28-29H,3,16-19H2,1-2H3;1-2H3/t20?,25?,28-,29?;/m1./s1. The molecule has 0 fully saturated rings. The first-order valence-electron chi connectivity index (χ1n) is 12.7. The summed E-state index contributed by atoms with van der Waals surface area (Å²) < 4.78 is 12.7. The Morgan fingerprint density at radius 2 is 1.15 bits per heavy atom. The van der Waals surface area contributed by atoms with Crippen LogP contribution in [0.1, 0.15) is 79.3 Å². The van der Waals surface area contributed by atoms with E-state index in [9.17, 15) is 0 Å². The van der Waals surface area contributed by atoms with Crippen molar-refractivity contribution in [3.63, 3.8) is 0 Å². The molecular weight excluding hydrogens is 404 g/mol. The first kappa shape index (κ1) is 23.7. The summed E-state index contributed by atoms with van der Waals surface area (Å²) in [6.07, 6.45) is 3.74. The molecule has 0 aliphatic heterocycles. The minimum Gasteiger partial charge on any atom is -0.373 e. The van der Waals surface area contributed by atoms with Gasteiger partial charge in [-0.05, 0) is 52.6 Å². The molecule has 2 aliphatic carbocycles. The quantitative estimate of drug-likeness (QED) is 0.375. The smallest absolute Gasteiger partial charge is 0.0721 e. The van der Waals surface area contributed by atoms with Crippen LogP contribution in [0.25, 0.3) is 0 Å². The van der Waals surface area contributed by atoms with Gasteiger partial charge in [-0.15, -0.1) is 0 Å². The molecule has 0 bridgehead atoms. The fourth-order valence-electron chi connectivity index (χ4n) is 5.40. The summed E-state index contributed by atoms with van der Waals surface area (Å²) in [5.74, 6) is 0.979. The molecule has 0 aromatic heterocycles. The van der Waals surface area contributed by atoms with Gasteiger partial charge in [0.1, 0.15) is 0 Å². The van der Waals surface area contributed by atoms with Crippen molar-refractivity contribution in [3.8, 4) is 0 Å². The predicted octanol–water partition coefficient (Wildman–Crippen LogP) is 7.59. The first-order valence-corrected chi connectivity index (χ1v) is 12.7. The maximum atomic E-state index is 6.37. The lowest BCUT2D eigenvalue weighted by molar-refractivity contribution is 0.0289. The van der Waals surface area contributed by atoms with Crippen molar-refractivity contribution in [1.29, 1.82) is 0 Å². The lowest BCUT2D eigenvalue weighted by Gasteiger charge is -2.20. The summed E-state index contributed by atoms with van der Waals surface area (Å²) in [7, 11) is 0. The average molecular weight is 443 g/mol. The van der Waals surface area contributed by atoms with Gasteiger partial charge in [0.25, 0.3) is 0 Å². The zero-order valence-electron chi connectivity index (χ0n) is 20.6. The van der Waals surface area contributed by atoms with Crippen LogP contribution < -0.4 is 0 Å². The van der Waals surface area contributed by atoms with Gasteiger partial charge in [0.15, 0.2) is 0 Å². The molecule has 174 valence electrons. The van der Waals surface area contributed by atoms with Gasteiger partial charge in [-0.1, -0.05) is 100 Å². The largest absolute Gasteiger partial charge is 0.373 e. The van der Waals surface area contributed by atoms with Gasteiger partial charge in [-0.3, -0.25) is 0 Å². The molecule has 3 unspecified atom stereocenters. The second-order valence-corrected chi connectivity index (χ2v) is 9.12. The van der Waals surface area contributed by atoms with Crippen molar-refractivity contribution in [3.05, 3.63) is 106 Å². The first-order chi connectivity index (χ1) is 16.2. The third kappa shape index (κ3) is 5.23. The maximum absolute atomic E-state index is 6.37. The van der Waals surface area contributed by atoms with E-state index in [1.807, 2.05) is 13.8 Å². The van der Waals surface area contributed by atoms with Gasteiger partial charge in [0.05, 0.1) is 25.4 Å². The lowest BCUT2D eigenvalue weighted by atomic mass is 9.97. The highest BCUT2D eigenvalue weighted by Crippen LogP contribution is 2.38. The summed E-state index contributed by atoms with van der Waals surface area (Å²) in [5.41, 5.74) is 8.27. The van der Waals surface area contributed by atoms with E-state index in [0.717, 1.165) is 19.3 Å². The molecule has 3 aromatic rings. The summed E-state index contributed by atoms with van der Waals surface area (Å²) in [4.78, 5) is 0. The third-order valence-electron chi connectivity index (χ3n) is 7.24. The number of hydrogen-bond acceptors (Lipinski definition) is 2. The fourth-order valence-corrected chi connectivity index (χ4v) is 5.40. The van der Waals surface area contributed by atoms with Crippen molar-refractivity contribution in [2.45, 2.75) is 84.2 Å². The van der Waals surface area contributed by atoms with E-state index in [-0.39, 0.29) is 12.2 Å². The monoisotopic (exact) mass is 442 g/mol. The SMILES string of the molecule is CC.CCC1c2ccccc2CC1OCc1ccc(CO[C@@H]2Cc3ccccc3C2C)cc1. The van der Waals surface area contributed by atoms with Crippen molar-refractivity contribution in [2.24, 2.45) is 0 Å². The molecular formula is C31H38O2. The van der Waals surface area contributed by atoms with Gasteiger partial charge in [-0.2, -0.15) is 0 Å². The van der Waals surface area contributed by atoms with Crippen LogP contribution in [-0.4, -0.2) is 12.2 Å². The zero-order chi connectivity index (χ0) is 23.2. The molecule has 0 spiro atoms. The van der Waals surface area contributed by atoms with E-state index in [1.54, 1.807) is 0 Å². The van der Waals surface area contributed by atoms with Crippen LogP contribution in [0, 0.1) is 0 Å². The maximum Gasteiger partial charge on any atom is 0.0721 e. The average Bonchev–Trinajstić information content (AvgIpc) is 3.40. The van der Waals surface area contributed by atoms with Gasteiger partial charge in [0, 0.05) is 11.8 Å². The Morgan fingerprint density at radius 1 is 0.667 bits per heavy atom. The zero-order valence-corrected chi connectivity index (χ0v) is 20.6. The Labute approximate surface area is 200 Å². The molecule has 5 rings (SSSR count). The van der Waals surface area contributed by atoms with Crippen LogP contribution >= 0.6 is 0 Å². The van der Waals surface area contributed by atoms with Crippen LogP contribution in [0.3, 0.4) is 0 Å². The van der Waals surface area contributed by atoms with E-state index in [0.29, 0.717) is 25.0 Å². The predicted molar refractivity (Wildman–Crippen MR) is 137 cm³/mol. The number of ether oxygens (including phenoxy) is 2. The van der Waals surface area contributed by atoms with Crippen molar-refractivity contribution >= 4 is 0 Å². The molecule has 0 saturated carbocycles. The Balaban J connectivity index is 0.00000126. The summed E-state index contributed by atoms with van der Waals surface area (Å²) in [6.45, 7) is 9.88. The lowest BCUT2D eigenvalue weighted by Crippen LogP contribution is -2.18. The Bertz CT molecular complexity index is 1020. The molecule has 33 heavy (non-hydrogen) atoms. The van der Waals surface area contributed by atoms with E-state index in [1.165, 1.54) is 33.4 Å². The molecule has 2 nitrogen and oxygen atoms in total. The molecule has 2 aliphatic rings. The van der Waals surface area contributed by atoms with Crippen LogP contribution in [0.15, 0.2) is 72.8 Å². The second kappa shape index (κ2) is 11.1. The van der Waals surface area contributed by atoms with Gasteiger partial charge in [0.2, 0.25) is 0 Å². The number of rotatable bonds is 7. The van der Waals surface area contributed by atoms with Crippen LogP contribution in [-0.2, 0) is 35.5 Å². The highest BCUT2D eigenvalue weighted by molar-refractivity contribution is 5.37. The van der Waals surface area contributed by atoms with Crippen LogP contribution in [0.5, 0.6) is 0 Å². The van der Waals surface area contributed by atoms with Gasteiger partial charge < -0.3 is 9.47 Å². The summed E-state index contributed by atoms with van der Waals surface area (Å²) in [5, 5.41) is 0. The highest BCUT2D eigenvalue weighted by Gasteiger charge is 2.31. The van der Waals surface area contributed by atoms with Crippen LogP contribution in [0.2, 0.25) is 0 Å². The Morgan fingerprint density at radius 3 is 1.73 bits per heavy atom. The molecule has 0 heterocycles. The molecule has 4 atom stereocenters. The van der Waals surface area contributed by atoms with E-state index >= 15 is 0 Å². The normalized spacial score (nSPS) is 22.9. The number of hydrogen-bond donors (Lipinski definition) is 0. The Kier molecular flexibility index (Phi) is 8.01. The second-order valence-electron chi connectivity index (χ2n) is 9.12. The molecule has 0 saturated heterocycles. The number of benzene rings is 3. The Hall–Kier alpha value is -2.42. The molecule has 0 amide bonds. The summed E-state index contributed by atoms with van der Waals surface area (Å²) >= 11 is 0. The topological polar surface area (TPSA) is 18.5 Å². The highest BCUT2D eigenvalue weighted by atomic mass is 16.5. The van der Waals surface area contributed by atoms with E-state index < -0.39 is 0 Å². The van der Waals surface area contributed by atoms with Crippen molar-refractivity contribution < 1.29 is 9.47 Å². The fraction of sp³-hybridized carbons (Fsp3) is 0.419. The van der Waals surface area contributed by atoms with E-state index in [2.05, 4.69) is 86.6 Å². The molecule has 2 heteroatoms. The van der Waals surface area contributed by atoms with Crippen LogP contribution in [0.4, 0.5) is 0 Å². The third-order valence-corrected chi connectivity index (χ3v) is 7.24. The van der Waals surface area contributed by atoms with Crippen molar-refractivity contribution in [1.82, 2.24) is 0 Å². The minimum atomic E-state index is 0.274. The summed E-state index contributed by atoms with van der Waals surface area (Å²) in [6, 6.07) is 26.3. The van der Waals surface area contributed by atoms with E-state index in [4.69, 9.17) is 9.47 Å². The number of fused-ring (bicyclic) bond motifs is 2. The molecule has 0 radical (unpaired) electrons. The minimum absolute atomic E-state index is 0.274. The van der Waals surface area contributed by atoms with Crippen molar-refractivity contribution in [2.75, 3.05) is 0 Å². The van der Waals surface area contributed by atoms with Gasteiger partial charge >= 0.3 is 0 Å². The van der Waals surface area contributed by atoms with Gasteiger partial charge in [-0.25, -0.2) is 0 Å².